The average Bonchev–Trinajstić information content (AvgIpc) is 3.15. The first-order valence-electron chi connectivity index (χ1n) is 8.95. The molecule has 2 aromatic carbocycles. The Labute approximate surface area is 149 Å². The van der Waals surface area contributed by atoms with Crippen molar-refractivity contribution in [3.63, 3.8) is 0 Å². The molecule has 1 aliphatic rings. The number of ether oxygens (including phenoxy) is 1. The van der Waals surface area contributed by atoms with Crippen LogP contribution in [0.3, 0.4) is 0 Å². The molecule has 0 saturated carbocycles. The second-order valence-corrected chi connectivity index (χ2v) is 6.51. The van der Waals surface area contributed by atoms with Gasteiger partial charge < -0.3 is 9.84 Å². The zero-order chi connectivity index (χ0) is 17.5. The molecule has 4 heteroatoms. The van der Waals surface area contributed by atoms with E-state index in [0.717, 1.165) is 36.5 Å². The SMILES string of the molecule is O=C(O)C(Cc1ccccc1OCCN1CCCC1)c1ccccc1. The lowest BCUT2D eigenvalue weighted by molar-refractivity contribution is -0.138. The highest BCUT2D eigenvalue weighted by molar-refractivity contribution is 5.76. The van der Waals surface area contributed by atoms with Gasteiger partial charge in [0, 0.05) is 6.54 Å². The Hall–Kier alpha value is -2.33. The van der Waals surface area contributed by atoms with Gasteiger partial charge in [-0.15, -0.1) is 0 Å². The summed E-state index contributed by atoms with van der Waals surface area (Å²) in [6.45, 7) is 3.87. The summed E-state index contributed by atoms with van der Waals surface area (Å²) >= 11 is 0. The van der Waals surface area contributed by atoms with E-state index in [2.05, 4.69) is 4.90 Å². The van der Waals surface area contributed by atoms with Crippen LogP contribution in [0.5, 0.6) is 5.75 Å². The van der Waals surface area contributed by atoms with E-state index in [9.17, 15) is 9.90 Å². The molecule has 4 nitrogen and oxygen atoms in total. The minimum Gasteiger partial charge on any atom is -0.492 e. The van der Waals surface area contributed by atoms with E-state index in [1.807, 2.05) is 54.6 Å². The van der Waals surface area contributed by atoms with Gasteiger partial charge in [0.05, 0.1) is 5.92 Å². The van der Waals surface area contributed by atoms with Gasteiger partial charge in [-0.3, -0.25) is 9.69 Å². The van der Waals surface area contributed by atoms with Crippen LogP contribution in [0.1, 0.15) is 29.9 Å². The van der Waals surface area contributed by atoms with Crippen LogP contribution in [-0.2, 0) is 11.2 Å². The Kier molecular flexibility index (Phi) is 6.07. The number of hydrogen-bond donors (Lipinski definition) is 1. The molecule has 3 rings (SSSR count). The number of nitrogens with zero attached hydrogens (tertiary/aromatic N) is 1. The quantitative estimate of drug-likeness (QED) is 0.799. The summed E-state index contributed by atoms with van der Waals surface area (Å²) in [5.74, 6) is -0.577. The number of carbonyl (C=O) groups is 1. The third kappa shape index (κ3) is 4.83. The van der Waals surface area contributed by atoms with Crippen LogP contribution in [0.15, 0.2) is 54.6 Å². The van der Waals surface area contributed by atoms with E-state index in [1.165, 1.54) is 12.8 Å². The zero-order valence-electron chi connectivity index (χ0n) is 14.4. The molecule has 25 heavy (non-hydrogen) atoms. The second kappa shape index (κ2) is 8.67. The van der Waals surface area contributed by atoms with Crippen LogP contribution in [0, 0.1) is 0 Å². The van der Waals surface area contributed by atoms with Crippen molar-refractivity contribution in [2.24, 2.45) is 0 Å². The van der Waals surface area contributed by atoms with E-state index in [-0.39, 0.29) is 0 Å². The first-order valence-corrected chi connectivity index (χ1v) is 8.95. The largest absolute Gasteiger partial charge is 0.492 e. The van der Waals surface area contributed by atoms with Crippen LogP contribution in [0.2, 0.25) is 0 Å². The van der Waals surface area contributed by atoms with E-state index < -0.39 is 11.9 Å². The van der Waals surface area contributed by atoms with Crippen molar-refractivity contribution in [3.05, 3.63) is 65.7 Å². The lowest BCUT2D eigenvalue weighted by atomic mass is 9.92. The molecular formula is C21H25NO3. The Morgan fingerprint density at radius 1 is 1.04 bits per heavy atom. The Bertz CT molecular complexity index is 681. The van der Waals surface area contributed by atoms with Crippen molar-refractivity contribution < 1.29 is 14.6 Å². The number of rotatable bonds is 8. The van der Waals surface area contributed by atoms with Crippen molar-refractivity contribution in [1.82, 2.24) is 4.90 Å². The van der Waals surface area contributed by atoms with Crippen LogP contribution >= 0.6 is 0 Å². The summed E-state index contributed by atoms with van der Waals surface area (Å²) in [6, 6.07) is 17.2. The predicted octanol–water partition coefficient (Wildman–Crippen LogP) is 3.57. The third-order valence-corrected chi connectivity index (χ3v) is 4.76. The molecule has 1 aliphatic heterocycles. The average molecular weight is 339 g/mol. The fourth-order valence-corrected chi connectivity index (χ4v) is 3.36. The van der Waals surface area contributed by atoms with Crippen molar-refractivity contribution in [3.8, 4) is 5.75 Å². The maximum absolute atomic E-state index is 11.8. The highest BCUT2D eigenvalue weighted by atomic mass is 16.5. The van der Waals surface area contributed by atoms with Crippen molar-refractivity contribution in [1.29, 1.82) is 0 Å². The minimum absolute atomic E-state index is 0.430. The van der Waals surface area contributed by atoms with Gasteiger partial charge in [0.2, 0.25) is 0 Å². The molecule has 132 valence electrons. The van der Waals surface area contributed by atoms with Crippen LogP contribution < -0.4 is 4.74 Å². The van der Waals surface area contributed by atoms with Crippen molar-refractivity contribution in [2.75, 3.05) is 26.2 Å². The molecular weight excluding hydrogens is 314 g/mol. The van der Waals surface area contributed by atoms with Crippen molar-refractivity contribution >= 4 is 5.97 Å². The maximum atomic E-state index is 11.8. The van der Waals surface area contributed by atoms with Crippen LogP contribution in [-0.4, -0.2) is 42.2 Å². The molecule has 0 aromatic heterocycles. The number of likely N-dealkylation sites (tertiary alicyclic amines) is 1. The summed E-state index contributed by atoms with van der Waals surface area (Å²) in [5.41, 5.74) is 1.77. The summed E-state index contributed by atoms with van der Waals surface area (Å²) in [5, 5.41) is 9.65. The molecule has 0 bridgehead atoms. The summed E-state index contributed by atoms with van der Waals surface area (Å²) in [7, 11) is 0. The molecule has 1 unspecified atom stereocenters. The van der Waals surface area contributed by atoms with Gasteiger partial charge in [-0.25, -0.2) is 0 Å². The number of para-hydroxylation sites is 1. The van der Waals surface area contributed by atoms with Crippen LogP contribution in [0.25, 0.3) is 0 Å². The summed E-state index contributed by atoms with van der Waals surface area (Å²) in [6.07, 6.45) is 2.97. The number of hydrogen-bond acceptors (Lipinski definition) is 3. The number of aliphatic carboxylic acids is 1. The number of carboxylic acids is 1. The van der Waals surface area contributed by atoms with E-state index in [0.29, 0.717) is 13.0 Å². The van der Waals surface area contributed by atoms with Crippen LogP contribution in [0.4, 0.5) is 0 Å². The maximum Gasteiger partial charge on any atom is 0.311 e. The van der Waals surface area contributed by atoms with Gasteiger partial charge in [-0.05, 0) is 49.5 Å². The molecule has 1 atom stereocenters. The molecule has 2 aromatic rings. The molecule has 0 aliphatic carbocycles. The Balaban J connectivity index is 1.67. The molecule has 1 N–H and O–H groups in total. The lowest BCUT2D eigenvalue weighted by Gasteiger charge is -2.18. The molecule has 0 spiro atoms. The second-order valence-electron chi connectivity index (χ2n) is 6.51. The molecule has 1 saturated heterocycles. The fraction of sp³-hybridized carbons (Fsp3) is 0.381. The standard InChI is InChI=1S/C21H25NO3/c23-21(24)19(17-8-2-1-3-9-17)16-18-10-4-5-11-20(18)25-15-14-22-12-6-7-13-22/h1-5,8-11,19H,6-7,12-16H2,(H,23,24). The third-order valence-electron chi connectivity index (χ3n) is 4.76. The van der Waals surface area contributed by atoms with E-state index in [1.54, 1.807) is 0 Å². The summed E-state index contributed by atoms with van der Waals surface area (Å²) in [4.78, 5) is 14.2. The first kappa shape index (κ1) is 17.5. The molecule has 0 radical (unpaired) electrons. The Morgan fingerprint density at radius 3 is 2.44 bits per heavy atom. The number of carboxylic acid groups (broad SMARTS) is 1. The number of benzene rings is 2. The fourth-order valence-electron chi connectivity index (χ4n) is 3.36. The highest BCUT2D eigenvalue weighted by Gasteiger charge is 2.22. The van der Waals surface area contributed by atoms with E-state index in [4.69, 9.17) is 4.74 Å². The Morgan fingerprint density at radius 2 is 1.72 bits per heavy atom. The van der Waals surface area contributed by atoms with Gasteiger partial charge in [-0.2, -0.15) is 0 Å². The smallest absolute Gasteiger partial charge is 0.311 e. The van der Waals surface area contributed by atoms with Gasteiger partial charge in [-0.1, -0.05) is 48.5 Å². The van der Waals surface area contributed by atoms with Gasteiger partial charge in [0.1, 0.15) is 12.4 Å². The van der Waals surface area contributed by atoms with Gasteiger partial charge >= 0.3 is 5.97 Å². The van der Waals surface area contributed by atoms with Crippen molar-refractivity contribution in [2.45, 2.75) is 25.2 Å². The van der Waals surface area contributed by atoms with Gasteiger partial charge in [0.15, 0.2) is 0 Å². The monoisotopic (exact) mass is 339 g/mol. The topological polar surface area (TPSA) is 49.8 Å². The molecule has 0 amide bonds. The minimum atomic E-state index is -0.807. The first-order chi connectivity index (χ1) is 12.2. The molecule has 1 heterocycles. The highest BCUT2D eigenvalue weighted by Crippen LogP contribution is 2.27. The normalized spacial score (nSPS) is 15.8. The summed E-state index contributed by atoms with van der Waals surface area (Å²) < 4.78 is 5.98. The van der Waals surface area contributed by atoms with E-state index >= 15 is 0 Å². The predicted molar refractivity (Wildman–Crippen MR) is 98.1 cm³/mol. The molecule has 1 fully saturated rings. The zero-order valence-corrected chi connectivity index (χ0v) is 14.4. The lowest BCUT2D eigenvalue weighted by Crippen LogP contribution is -2.25. The van der Waals surface area contributed by atoms with Gasteiger partial charge in [0.25, 0.3) is 0 Å².